The molecule has 6 nitrogen and oxygen atoms in total. The molecule has 0 rings (SSSR count). The largest absolute Gasteiger partial charge is 0.459 e. The smallest absolute Gasteiger partial charge is 0.351 e. The molecule has 0 fully saturated rings. The van der Waals surface area contributed by atoms with Crippen LogP contribution in [0.2, 0.25) is 0 Å². The third-order valence-corrected chi connectivity index (χ3v) is 1.85. The molecule has 0 aliphatic carbocycles. The van der Waals surface area contributed by atoms with Crippen LogP contribution in [0.5, 0.6) is 0 Å². The normalized spacial score (nSPS) is 10.9. The molecule has 0 heterocycles. The van der Waals surface area contributed by atoms with Gasteiger partial charge < -0.3 is 9.47 Å². The average molecular weight is 210 g/mol. The van der Waals surface area contributed by atoms with Gasteiger partial charge in [0.2, 0.25) is 0 Å². The van der Waals surface area contributed by atoms with Crippen molar-refractivity contribution in [3.05, 3.63) is 11.5 Å². The monoisotopic (exact) mass is 210 g/mol. The minimum absolute atomic E-state index is 0.0934. The number of rotatable bonds is 5. The molecule has 0 saturated carbocycles. The lowest BCUT2D eigenvalue weighted by Gasteiger charge is -2.03. The SMILES string of the molecule is C=C(C(=O)OCCOC)S(=O)(=O)O. The Kier molecular flexibility index (Phi) is 4.60. The molecule has 0 aliphatic heterocycles. The van der Waals surface area contributed by atoms with Gasteiger partial charge in [0.15, 0.2) is 4.91 Å². The molecule has 0 unspecified atom stereocenters. The maximum absolute atomic E-state index is 10.7. The van der Waals surface area contributed by atoms with Gasteiger partial charge in [0.05, 0.1) is 6.61 Å². The number of hydrogen-bond donors (Lipinski definition) is 1. The van der Waals surface area contributed by atoms with E-state index in [-0.39, 0.29) is 13.2 Å². The summed E-state index contributed by atoms with van der Waals surface area (Å²) in [6, 6.07) is 0. The molecular formula is C6H10O6S. The zero-order valence-electron chi connectivity index (χ0n) is 7.02. The van der Waals surface area contributed by atoms with Crippen LogP contribution in [0.15, 0.2) is 11.5 Å². The molecule has 0 aromatic carbocycles. The number of carbonyl (C=O) groups is 1. The van der Waals surface area contributed by atoms with Crippen LogP contribution in [0.4, 0.5) is 0 Å². The van der Waals surface area contributed by atoms with Gasteiger partial charge in [-0.15, -0.1) is 0 Å². The fraction of sp³-hybridized carbons (Fsp3) is 0.500. The molecule has 0 amide bonds. The van der Waals surface area contributed by atoms with Crippen LogP contribution in [-0.4, -0.2) is 39.3 Å². The van der Waals surface area contributed by atoms with Gasteiger partial charge in [-0.1, -0.05) is 6.58 Å². The molecule has 0 atom stereocenters. The van der Waals surface area contributed by atoms with E-state index in [9.17, 15) is 13.2 Å². The van der Waals surface area contributed by atoms with Gasteiger partial charge >= 0.3 is 16.1 Å². The molecule has 7 heteroatoms. The molecule has 0 aromatic rings. The van der Waals surface area contributed by atoms with E-state index in [0.717, 1.165) is 0 Å². The van der Waals surface area contributed by atoms with Crippen molar-refractivity contribution in [3.8, 4) is 0 Å². The molecule has 1 N–H and O–H groups in total. The number of ether oxygens (including phenoxy) is 2. The van der Waals surface area contributed by atoms with E-state index >= 15 is 0 Å². The molecule has 0 radical (unpaired) electrons. The minimum Gasteiger partial charge on any atom is -0.459 e. The number of methoxy groups -OCH3 is 1. The Hall–Kier alpha value is -0.920. The second kappa shape index (κ2) is 4.95. The topological polar surface area (TPSA) is 89.9 Å². The predicted octanol–water partition coefficient (Wildman–Crippen LogP) is -0.422. The molecular weight excluding hydrogens is 200 g/mol. The summed E-state index contributed by atoms with van der Waals surface area (Å²) in [4.78, 5) is 9.77. The van der Waals surface area contributed by atoms with Crippen molar-refractivity contribution in [2.75, 3.05) is 20.3 Å². The zero-order chi connectivity index (χ0) is 10.5. The van der Waals surface area contributed by atoms with Crippen LogP contribution >= 0.6 is 0 Å². The third kappa shape index (κ3) is 4.61. The first-order chi connectivity index (χ1) is 5.89. The van der Waals surface area contributed by atoms with Crippen molar-refractivity contribution >= 4 is 16.1 Å². The molecule has 0 spiro atoms. The van der Waals surface area contributed by atoms with E-state index in [2.05, 4.69) is 16.1 Å². The Bertz CT molecular complexity index is 290. The Labute approximate surface area is 75.9 Å². The molecule has 0 aliphatic rings. The lowest BCUT2D eigenvalue weighted by atomic mass is 10.6. The predicted molar refractivity (Wildman–Crippen MR) is 43.5 cm³/mol. The highest BCUT2D eigenvalue weighted by Gasteiger charge is 2.20. The molecule has 0 aromatic heterocycles. The van der Waals surface area contributed by atoms with Crippen molar-refractivity contribution in [2.24, 2.45) is 0 Å². The summed E-state index contributed by atoms with van der Waals surface area (Å²) < 4.78 is 37.9. The molecule has 0 saturated heterocycles. The van der Waals surface area contributed by atoms with E-state index in [0.29, 0.717) is 0 Å². The van der Waals surface area contributed by atoms with Crippen molar-refractivity contribution in [3.63, 3.8) is 0 Å². The first-order valence-corrected chi connectivity index (χ1v) is 4.66. The van der Waals surface area contributed by atoms with Gasteiger partial charge in [-0.2, -0.15) is 8.42 Å². The van der Waals surface area contributed by atoms with Gasteiger partial charge in [0.1, 0.15) is 6.61 Å². The van der Waals surface area contributed by atoms with Gasteiger partial charge in [0, 0.05) is 7.11 Å². The first kappa shape index (κ1) is 12.1. The van der Waals surface area contributed by atoms with Gasteiger partial charge in [-0.25, -0.2) is 4.79 Å². The first-order valence-electron chi connectivity index (χ1n) is 3.22. The highest BCUT2D eigenvalue weighted by molar-refractivity contribution is 7.90. The number of carbonyl (C=O) groups excluding carboxylic acids is 1. The Morgan fingerprint density at radius 3 is 2.38 bits per heavy atom. The van der Waals surface area contributed by atoms with Crippen LogP contribution in [-0.2, 0) is 24.4 Å². The van der Waals surface area contributed by atoms with E-state index in [1.54, 1.807) is 0 Å². The summed E-state index contributed by atoms with van der Waals surface area (Å²) >= 11 is 0. The minimum atomic E-state index is -4.55. The maximum Gasteiger partial charge on any atom is 0.351 e. The van der Waals surface area contributed by atoms with E-state index in [1.165, 1.54) is 7.11 Å². The lowest BCUT2D eigenvalue weighted by Crippen LogP contribution is -2.16. The van der Waals surface area contributed by atoms with Gasteiger partial charge in [-0.05, 0) is 0 Å². The average Bonchev–Trinajstić information content (AvgIpc) is 2.01. The van der Waals surface area contributed by atoms with Gasteiger partial charge in [0.25, 0.3) is 0 Å². The number of hydrogen-bond acceptors (Lipinski definition) is 5. The Balaban J connectivity index is 4.07. The Morgan fingerprint density at radius 1 is 1.46 bits per heavy atom. The maximum atomic E-state index is 10.7. The summed E-state index contributed by atoms with van der Waals surface area (Å²) in [7, 11) is -3.15. The van der Waals surface area contributed by atoms with Crippen molar-refractivity contribution in [2.45, 2.75) is 0 Å². The second-order valence-electron chi connectivity index (χ2n) is 2.03. The van der Waals surface area contributed by atoms with Crippen LogP contribution in [0.25, 0.3) is 0 Å². The summed E-state index contributed by atoms with van der Waals surface area (Å²) in [5, 5.41) is 0. The van der Waals surface area contributed by atoms with Crippen molar-refractivity contribution in [1.29, 1.82) is 0 Å². The highest BCUT2D eigenvalue weighted by Crippen LogP contribution is 2.02. The molecule has 76 valence electrons. The molecule has 13 heavy (non-hydrogen) atoms. The second-order valence-corrected chi connectivity index (χ2v) is 3.47. The van der Waals surface area contributed by atoms with Crippen molar-refractivity contribution in [1.82, 2.24) is 0 Å². The van der Waals surface area contributed by atoms with E-state index in [4.69, 9.17) is 4.55 Å². The standard InChI is InChI=1S/C6H10O6S/c1-5(13(8,9)10)6(7)12-4-3-11-2/h1,3-4H2,2H3,(H,8,9,10). The number of esters is 1. The fourth-order valence-corrected chi connectivity index (χ4v) is 0.673. The van der Waals surface area contributed by atoms with Crippen molar-refractivity contribution < 1.29 is 27.2 Å². The summed E-state index contributed by atoms with van der Waals surface area (Å²) in [5.74, 6) is -1.18. The van der Waals surface area contributed by atoms with E-state index < -0.39 is 21.0 Å². The van der Waals surface area contributed by atoms with Crippen LogP contribution < -0.4 is 0 Å². The third-order valence-electron chi connectivity index (χ3n) is 1.06. The van der Waals surface area contributed by atoms with Crippen LogP contribution in [0.3, 0.4) is 0 Å². The quantitative estimate of drug-likeness (QED) is 0.287. The highest BCUT2D eigenvalue weighted by atomic mass is 32.2. The lowest BCUT2D eigenvalue weighted by molar-refractivity contribution is -0.139. The fourth-order valence-electron chi connectivity index (χ4n) is 0.404. The van der Waals surface area contributed by atoms with E-state index in [1.807, 2.05) is 0 Å². The molecule has 0 bridgehead atoms. The summed E-state index contributed by atoms with van der Waals surface area (Å²) in [6.07, 6.45) is 0. The van der Waals surface area contributed by atoms with Crippen LogP contribution in [0.1, 0.15) is 0 Å². The van der Waals surface area contributed by atoms with Gasteiger partial charge in [-0.3, -0.25) is 4.55 Å². The summed E-state index contributed by atoms with van der Waals surface area (Å²) in [6.45, 7) is 2.90. The van der Waals surface area contributed by atoms with Crippen LogP contribution in [0, 0.1) is 0 Å². The summed E-state index contributed by atoms with van der Waals surface area (Å²) in [5.41, 5.74) is 0. The Morgan fingerprint density at radius 2 is 2.00 bits per heavy atom. The zero-order valence-corrected chi connectivity index (χ0v) is 7.83.